The lowest BCUT2D eigenvalue weighted by atomic mass is 10.1. The molecule has 3 nitrogen and oxygen atoms in total. The normalized spacial score (nSPS) is 9.93. The predicted octanol–water partition coefficient (Wildman–Crippen LogP) is 2.17. The first-order valence-electron chi connectivity index (χ1n) is 3.92. The highest BCUT2D eigenvalue weighted by molar-refractivity contribution is 7.17. The number of carbonyl (C=O) groups is 1. The fourth-order valence-corrected chi connectivity index (χ4v) is 2.32. The maximum atomic E-state index is 10.7. The van der Waals surface area contributed by atoms with Crippen molar-refractivity contribution in [1.29, 1.82) is 5.26 Å². The molecular formula is C10H6N2OS. The van der Waals surface area contributed by atoms with Crippen LogP contribution in [0.15, 0.2) is 17.5 Å². The second kappa shape index (κ2) is 3.13. The first-order valence-corrected chi connectivity index (χ1v) is 4.80. The Balaban J connectivity index is 2.91. The van der Waals surface area contributed by atoms with Gasteiger partial charge in [-0.15, -0.1) is 11.3 Å². The van der Waals surface area contributed by atoms with Crippen molar-refractivity contribution in [2.75, 3.05) is 5.73 Å². The summed E-state index contributed by atoms with van der Waals surface area (Å²) in [5.74, 6) is 0. The van der Waals surface area contributed by atoms with Crippen LogP contribution < -0.4 is 5.73 Å². The zero-order chi connectivity index (χ0) is 10.1. The van der Waals surface area contributed by atoms with Crippen LogP contribution in [0.4, 0.5) is 5.69 Å². The molecule has 0 unspecified atom stereocenters. The molecule has 14 heavy (non-hydrogen) atoms. The molecule has 0 bridgehead atoms. The van der Waals surface area contributed by atoms with E-state index in [1.807, 2.05) is 0 Å². The van der Waals surface area contributed by atoms with Crippen LogP contribution in [0.25, 0.3) is 10.1 Å². The maximum Gasteiger partial charge on any atom is 0.151 e. The Bertz CT molecular complexity index is 551. The van der Waals surface area contributed by atoms with Gasteiger partial charge in [0.15, 0.2) is 6.29 Å². The number of fused-ring (bicyclic) bond motifs is 1. The van der Waals surface area contributed by atoms with Crippen molar-refractivity contribution in [1.82, 2.24) is 0 Å². The number of carbonyl (C=O) groups excluding carboxylic acids is 1. The minimum absolute atomic E-state index is 0.509. The number of thiophene rings is 1. The van der Waals surface area contributed by atoms with Gasteiger partial charge in [0.05, 0.1) is 5.56 Å². The van der Waals surface area contributed by atoms with Gasteiger partial charge in [-0.25, -0.2) is 0 Å². The van der Waals surface area contributed by atoms with Gasteiger partial charge in [0.2, 0.25) is 0 Å². The topological polar surface area (TPSA) is 66.9 Å². The van der Waals surface area contributed by atoms with E-state index in [1.165, 1.54) is 11.3 Å². The molecule has 0 aliphatic heterocycles. The number of nitrogens with two attached hydrogens (primary N) is 1. The molecule has 0 amide bonds. The monoisotopic (exact) mass is 202 g/mol. The first kappa shape index (κ1) is 8.73. The molecule has 4 heteroatoms. The third-order valence-electron chi connectivity index (χ3n) is 1.97. The van der Waals surface area contributed by atoms with Gasteiger partial charge >= 0.3 is 0 Å². The van der Waals surface area contributed by atoms with Crippen LogP contribution in [0.3, 0.4) is 0 Å². The Morgan fingerprint density at radius 1 is 1.50 bits per heavy atom. The number of hydrogen-bond donors (Lipinski definition) is 1. The third-order valence-corrected chi connectivity index (χ3v) is 3.02. The SMILES string of the molecule is N#Cc1csc2c(C=O)cc(N)cc12. The summed E-state index contributed by atoms with van der Waals surface area (Å²) in [7, 11) is 0. The van der Waals surface area contributed by atoms with E-state index in [1.54, 1.807) is 17.5 Å². The number of anilines is 1. The van der Waals surface area contributed by atoms with Crippen molar-refractivity contribution in [3.05, 3.63) is 28.6 Å². The molecule has 0 radical (unpaired) electrons. The van der Waals surface area contributed by atoms with Crippen molar-refractivity contribution < 1.29 is 4.79 Å². The van der Waals surface area contributed by atoms with Crippen LogP contribution in [-0.2, 0) is 0 Å². The van der Waals surface area contributed by atoms with Crippen LogP contribution in [0.2, 0.25) is 0 Å². The van der Waals surface area contributed by atoms with Gasteiger partial charge < -0.3 is 5.73 Å². The molecule has 68 valence electrons. The van der Waals surface area contributed by atoms with Gasteiger partial charge in [-0.05, 0) is 12.1 Å². The summed E-state index contributed by atoms with van der Waals surface area (Å²) in [6.07, 6.45) is 0.760. The lowest BCUT2D eigenvalue weighted by Crippen LogP contribution is -1.88. The molecule has 0 aliphatic rings. The molecule has 0 fully saturated rings. The molecule has 0 aliphatic carbocycles. The fourth-order valence-electron chi connectivity index (χ4n) is 1.36. The van der Waals surface area contributed by atoms with E-state index in [0.29, 0.717) is 16.8 Å². The number of rotatable bonds is 1. The molecule has 2 N–H and O–H groups in total. The van der Waals surface area contributed by atoms with Gasteiger partial charge in [-0.2, -0.15) is 5.26 Å². The van der Waals surface area contributed by atoms with Crippen molar-refractivity contribution in [2.24, 2.45) is 0 Å². The second-order valence-electron chi connectivity index (χ2n) is 2.87. The maximum absolute atomic E-state index is 10.7. The summed E-state index contributed by atoms with van der Waals surface area (Å²) in [6.45, 7) is 0. The molecule has 1 heterocycles. The standard InChI is InChI=1S/C10H6N2OS/c11-3-7-5-14-10-6(4-13)1-8(12)2-9(7)10/h1-2,4-5H,12H2. The van der Waals surface area contributed by atoms with Gasteiger partial charge in [0.25, 0.3) is 0 Å². The highest BCUT2D eigenvalue weighted by atomic mass is 32.1. The predicted molar refractivity (Wildman–Crippen MR) is 56.3 cm³/mol. The smallest absolute Gasteiger partial charge is 0.151 e. The number of hydrogen-bond acceptors (Lipinski definition) is 4. The molecule has 1 aromatic heterocycles. The molecule has 2 aromatic rings. The second-order valence-corrected chi connectivity index (χ2v) is 3.75. The van der Waals surface area contributed by atoms with Crippen molar-refractivity contribution in [2.45, 2.75) is 0 Å². The molecule has 0 atom stereocenters. The Hall–Kier alpha value is -1.86. The Morgan fingerprint density at radius 2 is 2.29 bits per heavy atom. The lowest BCUT2D eigenvalue weighted by Gasteiger charge is -1.97. The van der Waals surface area contributed by atoms with Gasteiger partial charge in [-0.1, -0.05) is 0 Å². The fraction of sp³-hybridized carbons (Fsp3) is 0. The summed E-state index contributed by atoms with van der Waals surface area (Å²) in [5, 5.41) is 11.3. The minimum Gasteiger partial charge on any atom is -0.399 e. The third kappa shape index (κ3) is 1.15. The van der Waals surface area contributed by atoms with E-state index >= 15 is 0 Å². The lowest BCUT2D eigenvalue weighted by molar-refractivity contribution is 0.112. The number of nitrogen functional groups attached to an aromatic ring is 1. The Morgan fingerprint density at radius 3 is 2.93 bits per heavy atom. The zero-order valence-electron chi connectivity index (χ0n) is 7.15. The summed E-state index contributed by atoms with van der Waals surface area (Å²) in [6, 6.07) is 5.41. The number of benzene rings is 1. The van der Waals surface area contributed by atoms with E-state index in [-0.39, 0.29) is 0 Å². The van der Waals surface area contributed by atoms with Gasteiger partial charge in [0, 0.05) is 26.7 Å². The summed E-state index contributed by atoms with van der Waals surface area (Å²) in [5.41, 5.74) is 7.25. The van der Waals surface area contributed by atoms with E-state index in [4.69, 9.17) is 11.0 Å². The van der Waals surface area contributed by atoms with E-state index < -0.39 is 0 Å². The molecule has 0 spiro atoms. The first-order chi connectivity index (χ1) is 6.76. The molecule has 2 rings (SSSR count). The average molecular weight is 202 g/mol. The van der Waals surface area contributed by atoms with Crippen LogP contribution in [-0.4, -0.2) is 6.29 Å². The summed E-state index contributed by atoms with van der Waals surface area (Å²) < 4.78 is 0.825. The van der Waals surface area contributed by atoms with Crippen molar-refractivity contribution >= 4 is 33.4 Å². The molecule has 1 aromatic carbocycles. The Labute approximate surface area is 84.4 Å². The molecular weight excluding hydrogens is 196 g/mol. The quantitative estimate of drug-likeness (QED) is 0.569. The summed E-state index contributed by atoms with van der Waals surface area (Å²) >= 11 is 1.39. The van der Waals surface area contributed by atoms with Crippen LogP contribution >= 0.6 is 11.3 Å². The van der Waals surface area contributed by atoms with Gasteiger partial charge in [-0.3, -0.25) is 4.79 Å². The molecule has 0 saturated carbocycles. The number of nitriles is 1. The minimum atomic E-state index is 0.509. The zero-order valence-corrected chi connectivity index (χ0v) is 7.97. The van der Waals surface area contributed by atoms with Crippen LogP contribution in [0, 0.1) is 11.3 Å². The van der Waals surface area contributed by atoms with E-state index in [0.717, 1.165) is 16.4 Å². The highest BCUT2D eigenvalue weighted by Crippen LogP contribution is 2.30. The number of nitrogens with zero attached hydrogens (tertiary/aromatic N) is 1. The molecule has 0 saturated heterocycles. The van der Waals surface area contributed by atoms with Gasteiger partial charge in [0.1, 0.15) is 6.07 Å². The summed E-state index contributed by atoms with van der Waals surface area (Å²) in [4.78, 5) is 10.7. The van der Waals surface area contributed by atoms with E-state index in [9.17, 15) is 4.79 Å². The number of aldehydes is 1. The van der Waals surface area contributed by atoms with Crippen molar-refractivity contribution in [3.8, 4) is 6.07 Å². The van der Waals surface area contributed by atoms with E-state index in [2.05, 4.69) is 6.07 Å². The largest absolute Gasteiger partial charge is 0.399 e. The highest BCUT2D eigenvalue weighted by Gasteiger charge is 2.08. The van der Waals surface area contributed by atoms with Crippen LogP contribution in [0.5, 0.6) is 0 Å². The average Bonchev–Trinajstić information content (AvgIpc) is 2.59. The van der Waals surface area contributed by atoms with Crippen LogP contribution in [0.1, 0.15) is 15.9 Å². The Kier molecular flexibility index (Phi) is 1.95. The van der Waals surface area contributed by atoms with Crippen molar-refractivity contribution in [3.63, 3.8) is 0 Å².